The number of carbonyl (C=O) groups is 1. The Morgan fingerprint density at radius 3 is 2.77 bits per heavy atom. The monoisotopic (exact) mass is 438 g/mol. The number of nitrogens with one attached hydrogen (secondary N) is 2. The van der Waals surface area contributed by atoms with Gasteiger partial charge in [-0.2, -0.15) is 4.98 Å². The number of ether oxygens (including phenoxy) is 1. The van der Waals surface area contributed by atoms with Crippen molar-refractivity contribution in [2.45, 2.75) is 19.8 Å². The Morgan fingerprint density at radius 1 is 1.16 bits per heavy atom. The summed E-state index contributed by atoms with van der Waals surface area (Å²) in [5, 5.41) is 8.08. The second-order valence-corrected chi connectivity index (χ2v) is 8.36. The van der Waals surface area contributed by atoms with E-state index in [0.717, 1.165) is 23.7 Å². The van der Waals surface area contributed by atoms with Gasteiger partial charge < -0.3 is 9.64 Å². The molecule has 2 N–H and O–H groups in total. The van der Waals surface area contributed by atoms with Crippen molar-refractivity contribution in [1.82, 2.24) is 19.9 Å². The van der Waals surface area contributed by atoms with Gasteiger partial charge in [0.2, 0.25) is 5.88 Å². The number of hydrogen-bond acceptors (Lipinski definition) is 7. The van der Waals surface area contributed by atoms with E-state index in [-0.39, 0.29) is 0 Å². The Labute approximate surface area is 185 Å². The molecule has 0 unspecified atom stereocenters. The fourth-order valence-electron chi connectivity index (χ4n) is 3.34. The number of pyridine rings is 2. The molecular weight excluding hydrogens is 412 g/mol. The van der Waals surface area contributed by atoms with Crippen molar-refractivity contribution < 1.29 is 9.53 Å². The summed E-state index contributed by atoms with van der Waals surface area (Å²) >= 11 is 1.45. The van der Waals surface area contributed by atoms with Gasteiger partial charge in [0, 0.05) is 48.4 Å². The predicted octanol–water partition coefficient (Wildman–Crippen LogP) is 4.35. The number of nitrogens with zero attached hydrogens (tertiary/aromatic N) is 4. The van der Waals surface area contributed by atoms with E-state index in [1.54, 1.807) is 29.9 Å². The van der Waals surface area contributed by atoms with Crippen molar-refractivity contribution in [1.29, 1.82) is 0 Å². The molecule has 0 spiro atoms. The summed E-state index contributed by atoms with van der Waals surface area (Å²) in [6.45, 7) is 6.18. The fourth-order valence-corrected chi connectivity index (χ4v) is 4.09. The Kier molecular flexibility index (Phi) is 7.06. The van der Waals surface area contributed by atoms with Crippen LogP contribution in [-0.4, -0.2) is 52.1 Å². The van der Waals surface area contributed by atoms with Crippen LogP contribution in [0.3, 0.4) is 0 Å². The fraction of sp³-hybridized carbons (Fsp3) is 0.364. The highest BCUT2D eigenvalue weighted by Crippen LogP contribution is 2.25. The lowest BCUT2D eigenvalue weighted by molar-refractivity contribution is 0.0598. The molecule has 0 aromatic carbocycles. The van der Waals surface area contributed by atoms with E-state index in [1.807, 2.05) is 18.2 Å². The van der Waals surface area contributed by atoms with Gasteiger partial charge in [0.25, 0.3) is 0 Å². The van der Waals surface area contributed by atoms with Gasteiger partial charge in [0.15, 0.2) is 0 Å². The Hall–Kier alpha value is -3.04. The molecule has 3 aromatic heterocycles. The molecule has 162 valence electrons. The normalized spacial score (nSPS) is 14.1. The topological polar surface area (TPSA) is 92.3 Å². The summed E-state index contributed by atoms with van der Waals surface area (Å²) in [5.74, 6) is 1.97. The van der Waals surface area contributed by atoms with Crippen LogP contribution in [0, 0.1) is 5.92 Å². The Bertz CT molecular complexity index is 990. The summed E-state index contributed by atoms with van der Waals surface area (Å²) in [7, 11) is 0. The lowest BCUT2D eigenvalue weighted by Crippen LogP contribution is -2.49. The molecule has 0 atom stereocenters. The summed E-state index contributed by atoms with van der Waals surface area (Å²) in [4.78, 5) is 27.6. The summed E-state index contributed by atoms with van der Waals surface area (Å²) in [6, 6.07) is 8.71. The number of rotatable bonds is 9. The van der Waals surface area contributed by atoms with Gasteiger partial charge in [-0.1, -0.05) is 19.4 Å². The first-order valence-corrected chi connectivity index (χ1v) is 11.3. The molecule has 0 aliphatic carbocycles. The van der Waals surface area contributed by atoms with E-state index in [9.17, 15) is 4.79 Å². The maximum atomic E-state index is 12.3. The van der Waals surface area contributed by atoms with Gasteiger partial charge in [0.05, 0.1) is 6.61 Å². The van der Waals surface area contributed by atoms with Crippen LogP contribution in [0.4, 0.5) is 16.4 Å². The molecule has 2 amide bonds. The molecule has 9 heteroatoms. The number of unbranched alkanes of at least 4 members (excludes halogenated alkanes) is 1. The molecule has 1 aliphatic heterocycles. The third kappa shape index (κ3) is 5.99. The van der Waals surface area contributed by atoms with Crippen molar-refractivity contribution in [3.05, 3.63) is 48.1 Å². The average Bonchev–Trinajstić information content (AvgIpc) is 3.21. The number of thiazole rings is 1. The van der Waals surface area contributed by atoms with E-state index < -0.39 is 6.03 Å². The van der Waals surface area contributed by atoms with Crippen LogP contribution in [0.25, 0.3) is 10.6 Å². The maximum Gasteiger partial charge on any atom is 0.326 e. The number of likely N-dealkylation sites (tertiary alicyclic amines) is 1. The Morgan fingerprint density at radius 2 is 1.97 bits per heavy atom. The number of carbonyl (C=O) groups excluding carboxylic acids is 1. The zero-order chi connectivity index (χ0) is 21.5. The minimum absolute atomic E-state index is 0.401. The largest absolute Gasteiger partial charge is 0.477 e. The number of hydrogen-bond donors (Lipinski definition) is 2. The van der Waals surface area contributed by atoms with Crippen LogP contribution in [0.15, 0.2) is 48.1 Å². The molecule has 4 rings (SSSR count). The van der Waals surface area contributed by atoms with Crippen molar-refractivity contribution in [2.24, 2.45) is 5.92 Å². The minimum atomic E-state index is -0.401. The molecule has 31 heavy (non-hydrogen) atoms. The number of urea groups is 1. The quantitative estimate of drug-likeness (QED) is 0.516. The zero-order valence-corrected chi connectivity index (χ0v) is 18.3. The molecule has 3 aromatic rings. The molecule has 8 nitrogen and oxygen atoms in total. The first kappa shape index (κ1) is 21.2. The Balaban J connectivity index is 1.24. The molecule has 0 saturated carbocycles. The van der Waals surface area contributed by atoms with Gasteiger partial charge in [-0.05, 0) is 31.2 Å². The van der Waals surface area contributed by atoms with Crippen LogP contribution in [0.1, 0.15) is 19.8 Å². The minimum Gasteiger partial charge on any atom is -0.477 e. The van der Waals surface area contributed by atoms with Crippen LogP contribution >= 0.6 is 11.3 Å². The SMILES string of the molecule is CCCCN1CC(COc2cccc(NC(=O)Nc3csc(-c4ccncc4)n3)n2)C1. The lowest BCUT2D eigenvalue weighted by atomic mass is 10.0. The summed E-state index contributed by atoms with van der Waals surface area (Å²) in [6.07, 6.45) is 5.90. The van der Waals surface area contributed by atoms with E-state index in [0.29, 0.717) is 30.0 Å². The van der Waals surface area contributed by atoms with Crippen molar-refractivity contribution in [3.63, 3.8) is 0 Å². The molecule has 0 radical (unpaired) electrons. The van der Waals surface area contributed by atoms with Crippen LogP contribution in [0.5, 0.6) is 5.88 Å². The van der Waals surface area contributed by atoms with E-state index in [1.165, 1.54) is 30.7 Å². The summed E-state index contributed by atoms with van der Waals surface area (Å²) < 4.78 is 5.83. The zero-order valence-electron chi connectivity index (χ0n) is 17.5. The van der Waals surface area contributed by atoms with Gasteiger partial charge >= 0.3 is 6.03 Å². The van der Waals surface area contributed by atoms with Crippen molar-refractivity contribution in [3.8, 4) is 16.5 Å². The smallest absolute Gasteiger partial charge is 0.326 e. The van der Waals surface area contributed by atoms with Crippen molar-refractivity contribution >= 4 is 29.0 Å². The molecule has 4 heterocycles. The predicted molar refractivity (Wildman–Crippen MR) is 123 cm³/mol. The van der Waals surface area contributed by atoms with Gasteiger partial charge in [-0.3, -0.25) is 15.6 Å². The van der Waals surface area contributed by atoms with Gasteiger partial charge in [-0.15, -0.1) is 11.3 Å². The maximum absolute atomic E-state index is 12.3. The number of anilines is 2. The number of aromatic nitrogens is 3. The second kappa shape index (κ2) is 10.3. The standard InChI is InChI=1S/C22H26N6O2S/c1-2-3-11-28-12-16(13-28)14-30-20-6-4-5-18(24-20)26-22(29)27-19-15-31-21(25-19)17-7-9-23-10-8-17/h4-10,15-16H,2-3,11-14H2,1H3,(H2,24,26,27,29). The summed E-state index contributed by atoms with van der Waals surface area (Å²) in [5.41, 5.74) is 0.958. The average molecular weight is 439 g/mol. The highest BCUT2D eigenvalue weighted by atomic mass is 32.1. The lowest BCUT2D eigenvalue weighted by Gasteiger charge is -2.38. The van der Waals surface area contributed by atoms with Crippen LogP contribution in [-0.2, 0) is 0 Å². The highest BCUT2D eigenvalue weighted by molar-refractivity contribution is 7.13. The van der Waals surface area contributed by atoms with E-state index >= 15 is 0 Å². The second-order valence-electron chi connectivity index (χ2n) is 7.50. The first-order valence-electron chi connectivity index (χ1n) is 10.5. The van der Waals surface area contributed by atoms with Crippen molar-refractivity contribution in [2.75, 3.05) is 36.9 Å². The van der Waals surface area contributed by atoms with Crippen LogP contribution in [0.2, 0.25) is 0 Å². The highest BCUT2D eigenvalue weighted by Gasteiger charge is 2.26. The third-order valence-corrected chi connectivity index (χ3v) is 5.86. The van der Waals surface area contributed by atoms with Crippen LogP contribution < -0.4 is 15.4 Å². The molecule has 1 fully saturated rings. The molecule has 1 aliphatic rings. The van der Waals surface area contributed by atoms with E-state index in [4.69, 9.17) is 4.74 Å². The molecule has 1 saturated heterocycles. The third-order valence-electron chi connectivity index (χ3n) is 4.97. The van der Waals surface area contributed by atoms with E-state index in [2.05, 4.69) is 37.4 Å². The first-order chi connectivity index (χ1) is 15.2. The molecular formula is C22H26N6O2S. The van der Waals surface area contributed by atoms with Gasteiger partial charge in [0.1, 0.15) is 16.6 Å². The van der Waals surface area contributed by atoms with Gasteiger partial charge in [-0.25, -0.2) is 9.78 Å². The number of amides is 2. The molecule has 0 bridgehead atoms.